The number of aromatic nitrogens is 2. The second-order valence-electron chi connectivity index (χ2n) is 5.42. The van der Waals surface area contributed by atoms with Crippen molar-refractivity contribution in [2.45, 2.75) is 0 Å². The number of hydrogen-bond acceptors (Lipinski definition) is 6. The highest BCUT2D eigenvalue weighted by molar-refractivity contribution is 5.91. The number of ether oxygens (including phenoxy) is 2. The van der Waals surface area contributed by atoms with E-state index in [1.165, 1.54) is 19.2 Å². The van der Waals surface area contributed by atoms with E-state index in [4.69, 9.17) is 9.47 Å². The van der Waals surface area contributed by atoms with Crippen molar-refractivity contribution in [2.24, 2.45) is 0 Å². The van der Waals surface area contributed by atoms with Crippen LogP contribution in [0.4, 0.5) is 21.7 Å². The summed E-state index contributed by atoms with van der Waals surface area (Å²) in [6, 6.07) is 16.1. The third-order valence-corrected chi connectivity index (χ3v) is 3.48. The first kappa shape index (κ1) is 18.1. The second kappa shape index (κ2) is 8.61. The van der Waals surface area contributed by atoms with Gasteiger partial charge in [0.15, 0.2) is 29.7 Å². The number of nitrogens with zero attached hydrogens (tertiary/aromatic N) is 2. The lowest BCUT2D eigenvalue weighted by atomic mass is 10.3. The molecule has 3 rings (SSSR count). The summed E-state index contributed by atoms with van der Waals surface area (Å²) in [4.78, 5) is 12.0. The van der Waals surface area contributed by atoms with Crippen molar-refractivity contribution < 1.29 is 18.7 Å². The molecule has 0 saturated heterocycles. The van der Waals surface area contributed by atoms with E-state index in [2.05, 4.69) is 20.8 Å². The van der Waals surface area contributed by atoms with Crippen LogP contribution in [0, 0.1) is 5.82 Å². The lowest BCUT2D eigenvalue weighted by molar-refractivity contribution is -0.118. The number of amides is 1. The van der Waals surface area contributed by atoms with E-state index in [0.29, 0.717) is 23.0 Å². The number of benzene rings is 2. The molecule has 0 spiro atoms. The number of halogens is 1. The van der Waals surface area contributed by atoms with Gasteiger partial charge in [-0.05, 0) is 48.5 Å². The average Bonchev–Trinajstić information content (AvgIpc) is 2.70. The zero-order valence-corrected chi connectivity index (χ0v) is 14.5. The Morgan fingerprint density at radius 1 is 0.963 bits per heavy atom. The molecule has 0 bridgehead atoms. The maximum atomic E-state index is 12.9. The van der Waals surface area contributed by atoms with E-state index >= 15 is 0 Å². The number of hydrogen-bond donors (Lipinski definition) is 2. The van der Waals surface area contributed by atoms with E-state index in [-0.39, 0.29) is 24.1 Å². The highest BCUT2D eigenvalue weighted by Crippen LogP contribution is 2.25. The molecule has 0 aliphatic rings. The number of nitrogens with one attached hydrogen (secondary N) is 2. The van der Waals surface area contributed by atoms with Gasteiger partial charge in [-0.2, -0.15) is 0 Å². The Labute approximate surface area is 155 Å². The van der Waals surface area contributed by atoms with Gasteiger partial charge < -0.3 is 20.1 Å². The van der Waals surface area contributed by atoms with Gasteiger partial charge in [-0.15, -0.1) is 10.2 Å². The number of para-hydroxylation sites is 2. The lowest BCUT2D eigenvalue weighted by Gasteiger charge is -2.10. The van der Waals surface area contributed by atoms with Gasteiger partial charge in [0.2, 0.25) is 0 Å². The summed E-state index contributed by atoms with van der Waals surface area (Å²) < 4.78 is 23.5. The molecular formula is C19H17FN4O3. The molecule has 0 aliphatic carbocycles. The van der Waals surface area contributed by atoms with Crippen LogP contribution in [-0.2, 0) is 4.79 Å². The minimum Gasteiger partial charge on any atom is -0.493 e. The number of rotatable bonds is 7. The van der Waals surface area contributed by atoms with Crippen molar-refractivity contribution >= 4 is 23.2 Å². The molecule has 0 radical (unpaired) electrons. The van der Waals surface area contributed by atoms with Crippen LogP contribution in [0.2, 0.25) is 0 Å². The van der Waals surface area contributed by atoms with E-state index in [1.807, 2.05) is 6.07 Å². The molecule has 1 aromatic heterocycles. The van der Waals surface area contributed by atoms with Crippen LogP contribution in [0.5, 0.6) is 11.5 Å². The monoisotopic (exact) mass is 368 g/mol. The number of carbonyl (C=O) groups excluding carboxylic acids is 1. The van der Waals surface area contributed by atoms with Crippen molar-refractivity contribution in [1.82, 2.24) is 10.2 Å². The Balaban J connectivity index is 1.53. The summed E-state index contributed by atoms with van der Waals surface area (Å²) in [5.74, 6) is 1.06. The van der Waals surface area contributed by atoms with Crippen molar-refractivity contribution in [2.75, 3.05) is 24.4 Å². The summed E-state index contributed by atoms with van der Waals surface area (Å²) in [5.41, 5.74) is 0.674. The number of carbonyl (C=O) groups is 1. The number of methoxy groups -OCH3 is 1. The average molecular weight is 368 g/mol. The van der Waals surface area contributed by atoms with Gasteiger partial charge in [0, 0.05) is 5.69 Å². The third-order valence-electron chi connectivity index (χ3n) is 3.48. The summed E-state index contributed by atoms with van der Waals surface area (Å²) in [6.45, 7) is -0.197. The van der Waals surface area contributed by atoms with Gasteiger partial charge in [-0.25, -0.2) is 4.39 Å². The quantitative estimate of drug-likeness (QED) is 0.665. The first-order valence-corrected chi connectivity index (χ1v) is 8.06. The second-order valence-corrected chi connectivity index (χ2v) is 5.42. The SMILES string of the molecule is COc1ccccc1OCC(=O)Nc1ccc(Nc2ccc(F)cc2)nn1. The van der Waals surface area contributed by atoms with Gasteiger partial charge in [0.1, 0.15) is 5.82 Å². The highest BCUT2D eigenvalue weighted by atomic mass is 19.1. The standard InChI is InChI=1S/C19H17FN4O3/c1-26-15-4-2-3-5-16(15)27-12-19(25)22-18-11-10-17(23-24-18)21-14-8-6-13(20)7-9-14/h2-11H,12H2,1H3,(H,21,23)(H,22,24,25). The molecule has 2 aromatic carbocycles. The van der Waals surface area contributed by atoms with Crippen LogP contribution in [0.25, 0.3) is 0 Å². The summed E-state index contributed by atoms with van der Waals surface area (Å²) in [5, 5.41) is 13.5. The fourth-order valence-corrected chi connectivity index (χ4v) is 2.21. The first-order chi connectivity index (χ1) is 13.1. The normalized spacial score (nSPS) is 10.1. The van der Waals surface area contributed by atoms with Crippen LogP contribution in [0.1, 0.15) is 0 Å². The van der Waals surface area contributed by atoms with Crippen molar-refractivity contribution in [3.05, 3.63) is 66.5 Å². The zero-order chi connectivity index (χ0) is 19.1. The highest BCUT2D eigenvalue weighted by Gasteiger charge is 2.08. The molecule has 0 atom stereocenters. The molecule has 7 nitrogen and oxygen atoms in total. The van der Waals surface area contributed by atoms with Crippen molar-refractivity contribution in [1.29, 1.82) is 0 Å². The lowest BCUT2D eigenvalue weighted by Crippen LogP contribution is -2.21. The fraction of sp³-hybridized carbons (Fsp3) is 0.105. The molecule has 0 aliphatic heterocycles. The summed E-state index contributed by atoms with van der Waals surface area (Å²) in [6.07, 6.45) is 0. The molecule has 0 fully saturated rings. The molecule has 8 heteroatoms. The molecule has 0 unspecified atom stereocenters. The minimum atomic E-state index is -0.380. The Bertz CT molecular complexity index is 902. The van der Waals surface area contributed by atoms with E-state index in [1.54, 1.807) is 42.5 Å². The van der Waals surface area contributed by atoms with Gasteiger partial charge >= 0.3 is 0 Å². The Kier molecular flexibility index (Phi) is 5.78. The smallest absolute Gasteiger partial charge is 0.263 e. The van der Waals surface area contributed by atoms with Crippen molar-refractivity contribution in [3.63, 3.8) is 0 Å². The van der Waals surface area contributed by atoms with Gasteiger partial charge in [0.25, 0.3) is 5.91 Å². The molecule has 0 saturated carbocycles. The van der Waals surface area contributed by atoms with Crippen LogP contribution >= 0.6 is 0 Å². The molecule has 27 heavy (non-hydrogen) atoms. The van der Waals surface area contributed by atoms with Gasteiger partial charge in [-0.3, -0.25) is 4.79 Å². The first-order valence-electron chi connectivity index (χ1n) is 8.06. The van der Waals surface area contributed by atoms with Gasteiger partial charge in [-0.1, -0.05) is 12.1 Å². The van der Waals surface area contributed by atoms with Crippen LogP contribution in [0.3, 0.4) is 0 Å². The maximum absolute atomic E-state index is 12.9. The summed E-state index contributed by atoms with van der Waals surface area (Å²) >= 11 is 0. The predicted octanol–water partition coefficient (Wildman–Crippen LogP) is 3.39. The van der Waals surface area contributed by atoms with Gasteiger partial charge in [0.05, 0.1) is 7.11 Å². The predicted molar refractivity (Wildman–Crippen MR) is 98.8 cm³/mol. The minimum absolute atomic E-state index is 0.197. The molecule has 3 aromatic rings. The van der Waals surface area contributed by atoms with Crippen molar-refractivity contribution in [3.8, 4) is 11.5 Å². The molecule has 1 heterocycles. The number of anilines is 3. The topological polar surface area (TPSA) is 85.4 Å². The zero-order valence-electron chi connectivity index (χ0n) is 14.5. The van der Waals surface area contributed by atoms with E-state index < -0.39 is 0 Å². The largest absolute Gasteiger partial charge is 0.493 e. The summed E-state index contributed by atoms with van der Waals surface area (Å²) in [7, 11) is 1.53. The Hall–Kier alpha value is -3.68. The fourth-order valence-electron chi connectivity index (χ4n) is 2.21. The molecule has 138 valence electrons. The molecular weight excluding hydrogens is 351 g/mol. The van der Waals surface area contributed by atoms with Crippen LogP contribution < -0.4 is 20.1 Å². The van der Waals surface area contributed by atoms with E-state index in [0.717, 1.165) is 0 Å². The molecule has 1 amide bonds. The van der Waals surface area contributed by atoms with Crippen LogP contribution in [-0.4, -0.2) is 29.8 Å². The maximum Gasteiger partial charge on any atom is 0.263 e. The van der Waals surface area contributed by atoms with E-state index in [9.17, 15) is 9.18 Å². The molecule has 2 N–H and O–H groups in total. The Morgan fingerprint density at radius 3 is 2.30 bits per heavy atom. The van der Waals surface area contributed by atoms with Crippen LogP contribution in [0.15, 0.2) is 60.7 Å². The Morgan fingerprint density at radius 2 is 1.63 bits per heavy atom. The third kappa shape index (κ3) is 5.15.